The maximum Gasteiger partial charge on any atom is 0.191 e. The van der Waals surface area contributed by atoms with E-state index in [9.17, 15) is 0 Å². The van der Waals surface area contributed by atoms with Gasteiger partial charge in [-0.1, -0.05) is 29.8 Å². The molecule has 0 unspecified atom stereocenters. The largest absolute Gasteiger partial charge is 0.370 e. The van der Waals surface area contributed by atoms with Crippen LogP contribution in [0.4, 0.5) is 5.82 Å². The predicted octanol–water partition coefficient (Wildman–Crippen LogP) is 4.26. The molecule has 5 nitrogen and oxygen atoms in total. The number of halogens is 1. The summed E-state index contributed by atoms with van der Waals surface area (Å²) in [5, 5.41) is 10.1. The van der Waals surface area contributed by atoms with Crippen molar-refractivity contribution in [2.24, 2.45) is 4.99 Å². The maximum atomic E-state index is 4.71. The van der Waals surface area contributed by atoms with Crippen LogP contribution in [0.5, 0.6) is 0 Å². The lowest BCUT2D eigenvalue weighted by Crippen LogP contribution is -2.37. The predicted molar refractivity (Wildman–Crippen MR) is 126 cm³/mol. The first kappa shape index (κ1) is 23.2. The van der Waals surface area contributed by atoms with Crippen LogP contribution in [0.2, 0.25) is 0 Å². The smallest absolute Gasteiger partial charge is 0.191 e. The molecule has 6 heteroatoms. The molecule has 148 valence electrons. The number of pyridine rings is 1. The Morgan fingerprint density at radius 3 is 2.56 bits per heavy atom. The van der Waals surface area contributed by atoms with E-state index in [1.54, 1.807) is 6.20 Å². The van der Waals surface area contributed by atoms with Crippen LogP contribution < -0.4 is 16.0 Å². The summed E-state index contributed by atoms with van der Waals surface area (Å²) in [6.07, 6.45) is 3.96. The molecule has 0 bridgehead atoms. The second-order valence-corrected chi connectivity index (χ2v) is 6.40. The third-order valence-electron chi connectivity index (χ3n) is 4.12. The van der Waals surface area contributed by atoms with Crippen LogP contribution in [-0.2, 0) is 6.54 Å². The molecule has 1 aromatic heterocycles. The molecule has 0 aliphatic rings. The zero-order chi connectivity index (χ0) is 18.6. The fourth-order valence-electron chi connectivity index (χ4n) is 2.67. The van der Waals surface area contributed by atoms with Gasteiger partial charge in [0.15, 0.2) is 5.96 Å². The Hall–Kier alpha value is -1.83. The van der Waals surface area contributed by atoms with Gasteiger partial charge in [0.2, 0.25) is 0 Å². The van der Waals surface area contributed by atoms with Crippen LogP contribution in [0.3, 0.4) is 0 Å². The summed E-state index contributed by atoms with van der Waals surface area (Å²) in [5.41, 5.74) is 3.86. The van der Waals surface area contributed by atoms with Crippen molar-refractivity contribution in [2.75, 3.05) is 25.0 Å². The highest BCUT2D eigenvalue weighted by molar-refractivity contribution is 14.0. The Balaban J connectivity index is 0.00000364. The fourth-order valence-corrected chi connectivity index (χ4v) is 2.67. The molecule has 3 N–H and O–H groups in total. The number of anilines is 1. The van der Waals surface area contributed by atoms with Crippen molar-refractivity contribution in [2.45, 2.75) is 40.2 Å². The Labute approximate surface area is 180 Å². The zero-order valence-electron chi connectivity index (χ0n) is 16.6. The van der Waals surface area contributed by atoms with E-state index < -0.39 is 0 Å². The molecule has 2 rings (SSSR count). The summed E-state index contributed by atoms with van der Waals surface area (Å²) < 4.78 is 0. The van der Waals surface area contributed by atoms with Gasteiger partial charge in [0, 0.05) is 25.8 Å². The van der Waals surface area contributed by atoms with E-state index in [-0.39, 0.29) is 24.0 Å². The Morgan fingerprint density at radius 1 is 1.04 bits per heavy atom. The standard InChI is InChI=1S/C21H31N5.HI/c1-4-22-21(26-16-19-11-10-17(2)15-18(19)3)25-14-8-7-13-24-20-9-5-6-12-23-20;/h5-6,9-12,15H,4,7-8,13-14,16H2,1-3H3,(H,23,24)(H2,22,25,26);1H. The van der Waals surface area contributed by atoms with Crippen LogP contribution in [0.1, 0.15) is 36.5 Å². The van der Waals surface area contributed by atoms with E-state index in [0.29, 0.717) is 6.54 Å². The molecule has 0 atom stereocenters. The quantitative estimate of drug-likeness (QED) is 0.217. The number of aryl methyl sites for hydroxylation is 2. The minimum Gasteiger partial charge on any atom is -0.370 e. The number of unbranched alkanes of at least 4 members (excludes halogenated alkanes) is 1. The Bertz CT molecular complexity index is 688. The number of rotatable bonds is 9. The zero-order valence-corrected chi connectivity index (χ0v) is 18.9. The van der Waals surface area contributed by atoms with Crippen LogP contribution in [0.25, 0.3) is 0 Å². The van der Waals surface area contributed by atoms with Crippen LogP contribution in [-0.4, -0.2) is 30.6 Å². The van der Waals surface area contributed by atoms with Gasteiger partial charge in [-0.15, -0.1) is 24.0 Å². The second kappa shape index (κ2) is 13.4. The first-order chi connectivity index (χ1) is 12.7. The molecule has 1 aromatic carbocycles. The lowest BCUT2D eigenvalue weighted by Gasteiger charge is -2.12. The molecule has 0 saturated carbocycles. The number of hydrogen-bond donors (Lipinski definition) is 3. The Kier molecular flexibility index (Phi) is 11.5. The molecule has 0 spiro atoms. The lowest BCUT2D eigenvalue weighted by atomic mass is 10.1. The SMILES string of the molecule is CCNC(=NCc1ccc(C)cc1C)NCCCCNc1ccccn1.I. The number of guanidine groups is 1. The van der Waals surface area contributed by atoms with Crippen LogP contribution in [0, 0.1) is 13.8 Å². The minimum atomic E-state index is 0. The summed E-state index contributed by atoms with van der Waals surface area (Å²) in [6.45, 7) is 9.74. The van der Waals surface area contributed by atoms with E-state index in [1.807, 2.05) is 18.2 Å². The molecule has 0 aliphatic carbocycles. The average Bonchev–Trinajstić information content (AvgIpc) is 2.64. The molecule has 0 fully saturated rings. The first-order valence-corrected chi connectivity index (χ1v) is 9.42. The number of nitrogens with one attached hydrogen (secondary N) is 3. The molecule has 27 heavy (non-hydrogen) atoms. The third kappa shape index (κ3) is 9.08. The molecule has 2 aromatic rings. The van der Waals surface area contributed by atoms with E-state index in [1.165, 1.54) is 16.7 Å². The number of nitrogens with zero attached hydrogens (tertiary/aromatic N) is 2. The number of benzene rings is 1. The van der Waals surface area contributed by atoms with Crippen LogP contribution in [0.15, 0.2) is 47.6 Å². The van der Waals surface area contributed by atoms with Crippen molar-refractivity contribution >= 4 is 35.8 Å². The van der Waals surface area contributed by atoms with Gasteiger partial charge in [-0.3, -0.25) is 0 Å². The van der Waals surface area contributed by atoms with Gasteiger partial charge in [0.05, 0.1) is 6.54 Å². The van der Waals surface area contributed by atoms with Crippen LogP contribution >= 0.6 is 24.0 Å². The van der Waals surface area contributed by atoms with Crippen molar-refractivity contribution in [3.63, 3.8) is 0 Å². The maximum absolute atomic E-state index is 4.71. The molecular formula is C21H32IN5. The number of aliphatic imine (C=N–C) groups is 1. The molecule has 1 heterocycles. The van der Waals surface area contributed by atoms with Gasteiger partial charge >= 0.3 is 0 Å². The Morgan fingerprint density at radius 2 is 1.85 bits per heavy atom. The van der Waals surface area contributed by atoms with Crippen molar-refractivity contribution < 1.29 is 0 Å². The molecule has 0 saturated heterocycles. The number of aromatic nitrogens is 1. The summed E-state index contributed by atoms with van der Waals surface area (Å²) in [6, 6.07) is 12.4. The normalized spacial score (nSPS) is 10.9. The summed E-state index contributed by atoms with van der Waals surface area (Å²) in [4.78, 5) is 8.97. The summed E-state index contributed by atoms with van der Waals surface area (Å²) >= 11 is 0. The van der Waals surface area contributed by atoms with E-state index in [4.69, 9.17) is 4.99 Å². The van der Waals surface area contributed by atoms with Gasteiger partial charge in [0.25, 0.3) is 0 Å². The van der Waals surface area contributed by atoms with Crippen molar-refractivity contribution in [1.29, 1.82) is 0 Å². The van der Waals surface area contributed by atoms with E-state index >= 15 is 0 Å². The van der Waals surface area contributed by atoms with Crippen molar-refractivity contribution in [3.8, 4) is 0 Å². The third-order valence-corrected chi connectivity index (χ3v) is 4.12. The van der Waals surface area contributed by atoms with Gasteiger partial charge in [-0.2, -0.15) is 0 Å². The molecule has 0 amide bonds. The highest BCUT2D eigenvalue weighted by atomic mass is 127. The summed E-state index contributed by atoms with van der Waals surface area (Å²) in [7, 11) is 0. The monoisotopic (exact) mass is 481 g/mol. The fraction of sp³-hybridized carbons (Fsp3) is 0.429. The summed E-state index contributed by atoms with van der Waals surface area (Å²) in [5.74, 6) is 1.81. The van der Waals surface area contributed by atoms with Crippen molar-refractivity contribution in [3.05, 3.63) is 59.3 Å². The highest BCUT2D eigenvalue weighted by Gasteiger charge is 2.00. The molecular weight excluding hydrogens is 449 g/mol. The van der Waals surface area contributed by atoms with Gasteiger partial charge in [-0.25, -0.2) is 9.98 Å². The average molecular weight is 481 g/mol. The van der Waals surface area contributed by atoms with Gasteiger partial charge in [0.1, 0.15) is 5.82 Å². The topological polar surface area (TPSA) is 61.3 Å². The van der Waals surface area contributed by atoms with Gasteiger partial charge < -0.3 is 16.0 Å². The van der Waals surface area contributed by atoms with Crippen molar-refractivity contribution in [1.82, 2.24) is 15.6 Å². The van der Waals surface area contributed by atoms with E-state index in [2.05, 4.69) is 59.9 Å². The lowest BCUT2D eigenvalue weighted by molar-refractivity contribution is 0.712. The first-order valence-electron chi connectivity index (χ1n) is 9.42. The van der Waals surface area contributed by atoms with E-state index in [0.717, 1.165) is 44.3 Å². The number of hydrogen-bond acceptors (Lipinski definition) is 3. The van der Waals surface area contributed by atoms with Gasteiger partial charge in [-0.05, 0) is 56.9 Å². The minimum absolute atomic E-state index is 0. The molecule has 0 aliphatic heterocycles. The second-order valence-electron chi connectivity index (χ2n) is 6.40. The molecule has 0 radical (unpaired) electrons. The highest BCUT2D eigenvalue weighted by Crippen LogP contribution is 2.11.